The summed E-state index contributed by atoms with van der Waals surface area (Å²) in [6.07, 6.45) is 3.00. The number of fused-ring (bicyclic) bond motifs is 2. The van der Waals surface area contributed by atoms with E-state index in [0.29, 0.717) is 51.9 Å². The molecule has 1 N–H and O–H groups in total. The number of hydrazone groups is 1. The maximum absolute atomic E-state index is 11.9. The van der Waals surface area contributed by atoms with E-state index in [2.05, 4.69) is 68.2 Å². The predicted molar refractivity (Wildman–Crippen MR) is 183 cm³/mol. The number of benzene rings is 2. The lowest BCUT2D eigenvalue weighted by Crippen LogP contribution is -2.47. The Kier molecular flexibility index (Phi) is 8.70. The fourth-order valence-electron chi connectivity index (χ4n) is 5.90. The molecule has 2 fully saturated rings. The number of thiophene rings is 1. The second-order valence-corrected chi connectivity index (χ2v) is 14.9. The van der Waals surface area contributed by atoms with E-state index in [4.69, 9.17) is 19.7 Å². The largest absolute Gasteiger partial charge is 0.378 e. The lowest BCUT2D eigenvalue weighted by atomic mass is 10.1. The highest BCUT2D eigenvalue weighted by Gasteiger charge is 2.25. The highest BCUT2D eigenvalue weighted by molar-refractivity contribution is 7.88. The van der Waals surface area contributed by atoms with Gasteiger partial charge in [-0.3, -0.25) is 4.90 Å². The number of aryl methyl sites for hydroxylation is 1. The topological polar surface area (TPSA) is 121 Å². The summed E-state index contributed by atoms with van der Waals surface area (Å²) < 4.78 is 34.2. The lowest BCUT2D eigenvalue weighted by Gasteiger charge is -2.32. The molecule has 0 amide bonds. The van der Waals surface area contributed by atoms with E-state index in [0.717, 1.165) is 57.4 Å². The Hall–Kier alpha value is -3.95. The van der Waals surface area contributed by atoms with Crippen molar-refractivity contribution in [3.8, 4) is 0 Å². The van der Waals surface area contributed by atoms with Crippen LogP contribution in [0.2, 0.25) is 0 Å². The Morgan fingerprint density at radius 2 is 1.70 bits per heavy atom. The van der Waals surface area contributed by atoms with E-state index in [1.165, 1.54) is 17.4 Å². The van der Waals surface area contributed by atoms with Gasteiger partial charge in [-0.2, -0.15) is 14.4 Å². The van der Waals surface area contributed by atoms with E-state index in [9.17, 15) is 8.42 Å². The van der Waals surface area contributed by atoms with E-state index in [1.807, 2.05) is 18.2 Å². The molecule has 0 aliphatic carbocycles. The zero-order chi connectivity index (χ0) is 31.7. The van der Waals surface area contributed by atoms with Crippen LogP contribution in [-0.4, -0.2) is 102 Å². The van der Waals surface area contributed by atoms with Crippen molar-refractivity contribution in [1.82, 2.24) is 28.7 Å². The molecule has 0 atom stereocenters. The van der Waals surface area contributed by atoms with Crippen molar-refractivity contribution >= 4 is 60.6 Å². The van der Waals surface area contributed by atoms with Gasteiger partial charge in [0.05, 0.1) is 46.9 Å². The first-order valence-corrected chi connectivity index (χ1v) is 18.1. The van der Waals surface area contributed by atoms with Gasteiger partial charge in [-0.05, 0) is 30.7 Å². The molecule has 2 aliphatic rings. The number of morpholine rings is 1. The Morgan fingerprint density at radius 3 is 2.46 bits per heavy atom. The first-order valence-electron chi connectivity index (χ1n) is 15.4. The van der Waals surface area contributed by atoms with Gasteiger partial charge in [-0.1, -0.05) is 42.0 Å². The molecular formula is C32H37N9O3S2. The summed E-state index contributed by atoms with van der Waals surface area (Å²) in [7, 11) is -3.16. The summed E-state index contributed by atoms with van der Waals surface area (Å²) >= 11 is 1.69. The van der Waals surface area contributed by atoms with E-state index in [-0.39, 0.29) is 0 Å². The van der Waals surface area contributed by atoms with Crippen molar-refractivity contribution in [1.29, 1.82) is 0 Å². The smallest absolute Gasteiger partial charge is 0.246 e. The summed E-state index contributed by atoms with van der Waals surface area (Å²) in [6.45, 7) is 8.69. The minimum Gasteiger partial charge on any atom is -0.378 e. The number of aromatic nitrogens is 4. The average Bonchev–Trinajstić information content (AvgIpc) is 3.62. The maximum Gasteiger partial charge on any atom is 0.246 e. The fraction of sp³-hybridized carbons (Fsp3) is 0.375. The molecule has 0 unspecified atom stereocenters. The van der Waals surface area contributed by atoms with Crippen LogP contribution in [0.25, 0.3) is 21.3 Å². The van der Waals surface area contributed by atoms with Gasteiger partial charge in [0, 0.05) is 57.2 Å². The number of rotatable bonds is 9. The molecule has 0 saturated carbocycles. The van der Waals surface area contributed by atoms with Crippen molar-refractivity contribution in [3.05, 3.63) is 76.4 Å². The molecule has 5 aromatic rings. The normalized spacial score (nSPS) is 17.0. The van der Waals surface area contributed by atoms with Gasteiger partial charge in [-0.25, -0.2) is 23.8 Å². The first kappa shape index (κ1) is 30.7. The van der Waals surface area contributed by atoms with Crippen LogP contribution in [-0.2, 0) is 27.8 Å². The van der Waals surface area contributed by atoms with Gasteiger partial charge < -0.3 is 14.2 Å². The summed E-state index contributed by atoms with van der Waals surface area (Å²) in [5.41, 5.74) is 8.30. The monoisotopic (exact) mass is 659 g/mol. The molecule has 0 bridgehead atoms. The van der Waals surface area contributed by atoms with E-state index >= 15 is 0 Å². The molecular weight excluding hydrogens is 623 g/mol. The zero-order valence-electron chi connectivity index (χ0n) is 26.0. The predicted octanol–water partition coefficient (Wildman–Crippen LogP) is 3.76. The number of imidazole rings is 1. The Bertz CT molecular complexity index is 1980. The third kappa shape index (κ3) is 6.76. The van der Waals surface area contributed by atoms with E-state index in [1.54, 1.807) is 21.9 Å². The molecule has 7 rings (SSSR count). The molecule has 240 valence electrons. The van der Waals surface area contributed by atoms with Crippen LogP contribution in [0.1, 0.15) is 21.8 Å². The SMILES string of the molecule is Cc1ccc(Cn2c(/C=N/Nc3nc(N4CCOCC4)c4sc(CN5CCN(S(C)(=O)=O)CC5)cc4n3)nc3ccccc32)cc1. The molecule has 46 heavy (non-hydrogen) atoms. The van der Waals surface area contributed by atoms with Crippen molar-refractivity contribution in [2.75, 3.05) is 69.1 Å². The van der Waals surface area contributed by atoms with Crippen molar-refractivity contribution in [2.24, 2.45) is 5.10 Å². The Balaban J connectivity index is 1.14. The number of ether oxygens (including phenoxy) is 1. The molecule has 12 nitrogen and oxygen atoms in total. The van der Waals surface area contributed by atoms with Crippen LogP contribution in [0.5, 0.6) is 0 Å². The molecule has 5 heterocycles. The van der Waals surface area contributed by atoms with Gasteiger partial charge in [-0.15, -0.1) is 11.3 Å². The van der Waals surface area contributed by atoms with Crippen molar-refractivity contribution in [3.63, 3.8) is 0 Å². The average molecular weight is 660 g/mol. The second kappa shape index (κ2) is 13.0. The first-order chi connectivity index (χ1) is 22.3. The number of nitrogens with one attached hydrogen (secondary N) is 1. The number of hydrogen-bond donors (Lipinski definition) is 1. The summed E-state index contributed by atoms with van der Waals surface area (Å²) in [5.74, 6) is 2.02. The van der Waals surface area contributed by atoms with Crippen LogP contribution in [0.3, 0.4) is 0 Å². The second-order valence-electron chi connectivity index (χ2n) is 11.7. The highest BCUT2D eigenvalue weighted by Crippen LogP contribution is 2.34. The van der Waals surface area contributed by atoms with Gasteiger partial charge in [0.25, 0.3) is 0 Å². The van der Waals surface area contributed by atoms with Crippen LogP contribution >= 0.6 is 11.3 Å². The Morgan fingerprint density at radius 1 is 0.935 bits per heavy atom. The number of anilines is 2. The molecule has 14 heteroatoms. The van der Waals surface area contributed by atoms with Crippen LogP contribution in [0, 0.1) is 6.92 Å². The quantitative estimate of drug-likeness (QED) is 0.186. The van der Waals surface area contributed by atoms with Crippen LogP contribution < -0.4 is 10.3 Å². The molecule has 2 saturated heterocycles. The minimum absolute atomic E-state index is 0.414. The lowest BCUT2D eigenvalue weighted by molar-refractivity contribution is 0.122. The zero-order valence-corrected chi connectivity index (χ0v) is 27.6. The molecule has 2 aromatic carbocycles. The van der Waals surface area contributed by atoms with Gasteiger partial charge in [0.1, 0.15) is 0 Å². The van der Waals surface area contributed by atoms with E-state index < -0.39 is 10.0 Å². The number of piperazine rings is 1. The van der Waals surface area contributed by atoms with Crippen molar-refractivity contribution in [2.45, 2.75) is 20.0 Å². The summed E-state index contributed by atoms with van der Waals surface area (Å²) in [5, 5.41) is 4.56. The number of sulfonamides is 1. The van der Waals surface area contributed by atoms with Crippen LogP contribution in [0.15, 0.2) is 59.7 Å². The maximum atomic E-state index is 11.9. The van der Waals surface area contributed by atoms with Gasteiger partial charge in [0.2, 0.25) is 16.0 Å². The standard InChI is InChI=1S/C32H37N9O3S2/c1-23-7-9-24(10-8-23)21-41-28-6-4-3-5-26(28)34-29(41)20-33-37-32-35-27-19-25(22-38-11-13-40(14-12-38)46(2,42)43)45-30(27)31(36-32)39-15-17-44-18-16-39/h3-10,19-20H,11-18,21-22H2,1-2H3,(H,35,36,37)/b33-20+. The van der Waals surface area contributed by atoms with Crippen LogP contribution in [0.4, 0.5) is 11.8 Å². The highest BCUT2D eigenvalue weighted by atomic mass is 32.2. The number of nitrogens with zero attached hydrogens (tertiary/aromatic N) is 8. The molecule has 2 aliphatic heterocycles. The summed E-state index contributed by atoms with van der Waals surface area (Å²) in [6, 6.07) is 18.8. The van der Waals surface area contributed by atoms with Gasteiger partial charge in [0.15, 0.2) is 11.6 Å². The molecule has 3 aromatic heterocycles. The van der Waals surface area contributed by atoms with Crippen molar-refractivity contribution < 1.29 is 13.2 Å². The molecule has 0 radical (unpaired) electrons. The third-order valence-corrected chi connectivity index (χ3v) is 10.8. The fourth-order valence-corrected chi connectivity index (χ4v) is 7.89. The third-order valence-electron chi connectivity index (χ3n) is 8.39. The van der Waals surface area contributed by atoms with Gasteiger partial charge >= 0.3 is 0 Å². The minimum atomic E-state index is -3.16. The number of para-hydroxylation sites is 2. The molecule has 0 spiro atoms. The summed E-state index contributed by atoms with van der Waals surface area (Å²) in [4.78, 5) is 20.3. The number of hydrogen-bond acceptors (Lipinski definition) is 11. The Labute approximate surface area is 272 Å².